The molecule has 0 unspecified atom stereocenters. The van der Waals surface area contributed by atoms with Crippen molar-refractivity contribution in [2.24, 2.45) is 0 Å². The quantitative estimate of drug-likeness (QED) is 0.569. The Labute approximate surface area is 181 Å². The Morgan fingerprint density at radius 3 is 2.80 bits per heavy atom. The molecule has 0 aliphatic carbocycles. The Bertz CT molecular complexity index is 1020. The molecule has 1 aliphatic rings. The molecule has 30 heavy (non-hydrogen) atoms. The molecule has 3 aromatic heterocycles. The third kappa shape index (κ3) is 4.71. The molecule has 6 nitrogen and oxygen atoms in total. The monoisotopic (exact) mass is 423 g/mol. The van der Waals surface area contributed by atoms with Crippen molar-refractivity contribution >= 4 is 29.2 Å². The van der Waals surface area contributed by atoms with Gasteiger partial charge in [-0.05, 0) is 43.2 Å². The van der Waals surface area contributed by atoms with E-state index in [0.717, 1.165) is 55.9 Å². The number of nitrogens with zero attached hydrogens (tertiary/aromatic N) is 5. The average Bonchev–Trinajstić information content (AvgIpc) is 3.11. The lowest BCUT2D eigenvalue weighted by atomic mass is 10.0. The van der Waals surface area contributed by atoms with E-state index < -0.39 is 0 Å². The number of piperidine rings is 1. The number of rotatable bonds is 6. The molecule has 0 radical (unpaired) electrons. The maximum absolute atomic E-state index is 12.7. The van der Waals surface area contributed by atoms with Crippen molar-refractivity contribution in [1.82, 2.24) is 24.2 Å². The number of carbonyl (C=O) groups excluding carboxylic acids is 1. The predicted molar refractivity (Wildman–Crippen MR) is 119 cm³/mol. The summed E-state index contributed by atoms with van der Waals surface area (Å²) >= 11 is 6.25. The van der Waals surface area contributed by atoms with E-state index in [0.29, 0.717) is 5.15 Å². The van der Waals surface area contributed by atoms with Crippen LogP contribution < -0.4 is 0 Å². The number of halogens is 1. The minimum atomic E-state index is -0.0103. The second-order valence-electron chi connectivity index (χ2n) is 7.64. The summed E-state index contributed by atoms with van der Waals surface area (Å²) < 4.78 is 1.88. The van der Waals surface area contributed by atoms with Crippen LogP contribution in [0.4, 0.5) is 0 Å². The second-order valence-corrected chi connectivity index (χ2v) is 8.00. The van der Waals surface area contributed by atoms with Crippen molar-refractivity contribution in [3.05, 3.63) is 71.4 Å². The summed E-state index contributed by atoms with van der Waals surface area (Å²) in [6.45, 7) is 3.00. The number of likely N-dealkylation sites (N-methyl/N-ethyl adjacent to an activating group) is 1. The van der Waals surface area contributed by atoms with Crippen LogP contribution in [-0.2, 0) is 11.2 Å². The van der Waals surface area contributed by atoms with Gasteiger partial charge in [0.05, 0.1) is 5.69 Å². The van der Waals surface area contributed by atoms with Gasteiger partial charge in [-0.1, -0.05) is 23.7 Å². The van der Waals surface area contributed by atoms with E-state index in [1.165, 1.54) is 0 Å². The molecule has 4 heterocycles. The zero-order valence-electron chi connectivity index (χ0n) is 17.1. The summed E-state index contributed by atoms with van der Waals surface area (Å²) in [6, 6.07) is 12.0. The van der Waals surface area contributed by atoms with Crippen molar-refractivity contribution in [3.63, 3.8) is 0 Å². The highest BCUT2D eigenvalue weighted by molar-refractivity contribution is 6.31. The molecule has 1 aliphatic heterocycles. The van der Waals surface area contributed by atoms with Gasteiger partial charge < -0.3 is 9.80 Å². The van der Waals surface area contributed by atoms with Crippen LogP contribution in [0.1, 0.15) is 24.2 Å². The molecule has 0 bridgehead atoms. The molecule has 0 spiro atoms. The highest BCUT2D eigenvalue weighted by atomic mass is 35.5. The number of amides is 1. The first-order valence-electron chi connectivity index (χ1n) is 10.3. The molecule has 1 amide bonds. The summed E-state index contributed by atoms with van der Waals surface area (Å²) in [7, 11) is 1.89. The van der Waals surface area contributed by atoms with E-state index in [-0.39, 0.29) is 11.9 Å². The summed E-state index contributed by atoms with van der Waals surface area (Å²) in [5, 5.41) is 0.397. The van der Waals surface area contributed by atoms with Gasteiger partial charge in [0.15, 0.2) is 5.15 Å². The fraction of sp³-hybridized carbons (Fsp3) is 0.348. The highest BCUT2D eigenvalue weighted by Crippen LogP contribution is 2.20. The molecule has 0 saturated carbocycles. The molecule has 7 heteroatoms. The van der Waals surface area contributed by atoms with Crippen molar-refractivity contribution < 1.29 is 4.79 Å². The van der Waals surface area contributed by atoms with E-state index in [9.17, 15) is 4.79 Å². The molecule has 0 atom stereocenters. The number of hydrogen-bond donors (Lipinski definition) is 0. The second kappa shape index (κ2) is 9.41. The Balaban J connectivity index is 1.30. The molecule has 1 fully saturated rings. The van der Waals surface area contributed by atoms with Gasteiger partial charge in [0, 0.05) is 63.3 Å². The topological polar surface area (TPSA) is 53.7 Å². The van der Waals surface area contributed by atoms with Crippen molar-refractivity contribution in [1.29, 1.82) is 0 Å². The Morgan fingerprint density at radius 2 is 2.03 bits per heavy atom. The third-order valence-electron chi connectivity index (χ3n) is 5.77. The fourth-order valence-electron chi connectivity index (χ4n) is 3.93. The largest absolute Gasteiger partial charge is 0.339 e. The lowest BCUT2D eigenvalue weighted by molar-refractivity contribution is -0.127. The Morgan fingerprint density at radius 1 is 1.23 bits per heavy atom. The van der Waals surface area contributed by atoms with E-state index in [1.807, 2.05) is 59.1 Å². The molecule has 3 aromatic rings. The van der Waals surface area contributed by atoms with Gasteiger partial charge in [0.25, 0.3) is 0 Å². The number of pyridine rings is 2. The van der Waals surface area contributed by atoms with Crippen LogP contribution in [0.15, 0.2) is 54.9 Å². The lowest BCUT2D eigenvalue weighted by Gasteiger charge is -2.36. The SMILES string of the molecule is CN(C(=O)/C=C/c1c(Cl)nc2ccccn12)C1CCN(CCc2ccccn2)CC1. The van der Waals surface area contributed by atoms with Gasteiger partial charge in [-0.3, -0.25) is 14.2 Å². The van der Waals surface area contributed by atoms with E-state index in [4.69, 9.17) is 11.6 Å². The van der Waals surface area contributed by atoms with Crippen LogP contribution >= 0.6 is 11.6 Å². The maximum atomic E-state index is 12.7. The minimum Gasteiger partial charge on any atom is -0.339 e. The summed E-state index contributed by atoms with van der Waals surface area (Å²) in [5.74, 6) is -0.0103. The normalized spacial score (nSPS) is 15.8. The Kier molecular flexibility index (Phi) is 6.45. The van der Waals surface area contributed by atoms with E-state index >= 15 is 0 Å². The number of fused-ring (bicyclic) bond motifs is 1. The number of aromatic nitrogens is 3. The molecular formula is C23H26ClN5O. The third-order valence-corrected chi connectivity index (χ3v) is 6.05. The molecule has 156 valence electrons. The smallest absolute Gasteiger partial charge is 0.246 e. The van der Waals surface area contributed by atoms with E-state index in [2.05, 4.69) is 20.9 Å². The van der Waals surface area contributed by atoms with Crippen LogP contribution in [0.2, 0.25) is 5.15 Å². The van der Waals surface area contributed by atoms with Crippen molar-refractivity contribution in [2.45, 2.75) is 25.3 Å². The predicted octanol–water partition coefficient (Wildman–Crippen LogP) is 3.56. The molecule has 0 N–H and O–H groups in total. The summed E-state index contributed by atoms with van der Waals surface area (Å²) in [5.41, 5.74) is 2.61. The first-order chi connectivity index (χ1) is 14.6. The van der Waals surface area contributed by atoms with Gasteiger partial charge in [0.1, 0.15) is 5.65 Å². The van der Waals surface area contributed by atoms with Crippen LogP contribution in [0.3, 0.4) is 0 Å². The molecule has 4 rings (SSSR count). The lowest BCUT2D eigenvalue weighted by Crippen LogP contribution is -2.45. The summed E-state index contributed by atoms with van der Waals surface area (Å²) in [4.78, 5) is 25.7. The number of likely N-dealkylation sites (tertiary alicyclic amines) is 1. The highest BCUT2D eigenvalue weighted by Gasteiger charge is 2.24. The van der Waals surface area contributed by atoms with Crippen LogP contribution in [-0.4, -0.2) is 62.8 Å². The zero-order chi connectivity index (χ0) is 20.9. The standard InChI is InChI=1S/C23H26ClN5O/c1-27(19-11-16-28(17-12-19)15-10-18-6-2-4-13-25-18)22(30)9-8-20-23(24)26-21-7-3-5-14-29(20)21/h2-9,13-14,19H,10-12,15-17H2,1H3/b9-8+. The number of imidazole rings is 1. The number of carbonyl (C=O) groups is 1. The fourth-order valence-corrected chi connectivity index (χ4v) is 4.17. The van der Waals surface area contributed by atoms with E-state index in [1.54, 1.807) is 12.2 Å². The van der Waals surface area contributed by atoms with Gasteiger partial charge in [-0.15, -0.1) is 0 Å². The van der Waals surface area contributed by atoms with Gasteiger partial charge >= 0.3 is 0 Å². The zero-order valence-corrected chi connectivity index (χ0v) is 17.9. The maximum Gasteiger partial charge on any atom is 0.246 e. The first kappa shape index (κ1) is 20.6. The van der Waals surface area contributed by atoms with Gasteiger partial charge in [-0.2, -0.15) is 0 Å². The van der Waals surface area contributed by atoms with Gasteiger partial charge in [-0.25, -0.2) is 4.98 Å². The first-order valence-corrected chi connectivity index (χ1v) is 10.7. The summed E-state index contributed by atoms with van der Waals surface area (Å²) in [6.07, 6.45) is 10.0. The van der Waals surface area contributed by atoms with Crippen LogP contribution in [0.25, 0.3) is 11.7 Å². The molecule has 1 saturated heterocycles. The minimum absolute atomic E-state index is 0.0103. The van der Waals surface area contributed by atoms with Crippen molar-refractivity contribution in [3.8, 4) is 0 Å². The van der Waals surface area contributed by atoms with Crippen LogP contribution in [0.5, 0.6) is 0 Å². The number of hydrogen-bond acceptors (Lipinski definition) is 4. The Hall–Kier alpha value is -2.70. The molecule has 0 aromatic carbocycles. The van der Waals surface area contributed by atoms with Gasteiger partial charge in [0.2, 0.25) is 5.91 Å². The molecular weight excluding hydrogens is 398 g/mol. The van der Waals surface area contributed by atoms with Crippen molar-refractivity contribution in [2.75, 3.05) is 26.7 Å². The van der Waals surface area contributed by atoms with Crippen LogP contribution in [0, 0.1) is 0 Å². The average molecular weight is 424 g/mol.